The number of benzene rings is 1. The van der Waals surface area contributed by atoms with Crippen molar-refractivity contribution in [3.8, 4) is 0 Å². The highest BCUT2D eigenvalue weighted by Crippen LogP contribution is 2.07. The largest absolute Gasteiger partial charge is 0.381 e. The van der Waals surface area contributed by atoms with Gasteiger partial charge in [-0.15, -0.1) is 0 Å². The van der Waals surface area contributed by atoms with Gasteiger partial charge in [-0.2, -0.15) is 0 Å². The number of nitrogens with zero attached hydrogens (tertiary/aromatic N) is 2. The van der Waals surface area contributed by atoms with Crippen LogP contribution in [0.4, 0.5) is 0 Å². The van der Waals surface area contributed by atoms with Gasteiger partial charge < -0.3 is 20.3 Å². The van der Waals surface area contributed by atoms with E-state index in [-0.39, 0.29) is 0 Å². The van der Waals surface area contributed by atoms with Gasteiger partial charge in [-0.05, 0) is 45.0 Å². The van der Waals surface area contributed by atoms with E-state index in [0.717, 1.165) is 51.6 Å². The van der Waals surface area contributed by atoms with E-state index in [1.54, 1.807) is 0 Å². The predicted molar refractivity (Wildman–Crippen MR) is 107 cm³/mol. The molecule has 1 aromatic carbocycles. The second-order valence-electron chi connectivity index (χ2n) is 6.50. The molecule has 0 unspecified atom stereocenters. The van der Waals surface area contributed by atoms with Crippen molar-refractivity contribution in [1.29, 1.82) is 0 Å². The third-order valence-corrected chi connectivity index (χ3v) is 3.69. The van der Waals surface area contributed by atoms with Crippen LogP contribution in [0.1, 0.15) is 44.2 Å². The van der Waals surface area contributed by atoms with Gasteiger partial charge in [0.25, 0.3) is 0 Å². The van der Waals surface area contributed by atoms with Crippen LogP contribution in [0, 0.1) is 0 Å². The van der Waals surface area contributed by atoms with Gasteiger partial charge in [0.2, 0.25) is 0 Å². The summed E-state index contributed by atoms with van der Waals surface area (Å²) in [5.41, 5.74) is 2.55. The number of hydrogen-bond acceptors (Lipinski definition) is 3. The van der Waals surface area contributed by atoms with E-state index in [4.69, 9.17) is 4.74 Å². The molecule has 25 heavy (non-hydrogen) atoms. The molecule has 2 N–H and O–H groups in total. The highest BCUT2D eigenvalue weighted by molar-refractivity contribution is 5.79. The van der Waals surface area contributed by atoms with Crippen LogP contribution >= 0.6 is 0 Å². The Morgan fingerprint density at radius 2 is 1.68 bits per heavy atom. The second-order valence-corrected chi connectivity index (χ2v) is 6.50. The summed E-state index contributed by atoms with van der Waals surface area (Å²) >= 11 is 0. The Hall–Kier alpha value is -1.59. The lowest BCUT2D eigenvalue weighted by molar-refractivity contribution is 0.129. The van der Waals surface area contributed by atoms with Gasteiger partial charge in [0.05, 0.1) is 6.54 Å². The molecule has 0 saturated heterocycles. The number of hydrogen-bond donors (Lipinski definition) is 2. The number of nitrogens with one attached hydrogen (secondary N) is 2. The Labute approximate surface area is 153 Å². The van der Waals surface area contributed by atoms with Crippen LogP contribution in [-0.4, -0.2) is 51.3 Å². The Balaban J connectivity index is 2.36. The fourth-order valence-electron chi connectivity index (χ4n) is 2.36. The summed E-state index contributed by atoms with van der Waals surface area (Å²) in [4.78, 5) is 6.84. The molecule has 0 spiro atoms. The van der Waals surface area contributed by atoms with Gasteiger partial charge in [-0.25, -0.2) is 4.99 Å². The Kier molecular flexibility index (Phi) is 11.7. The third kappa shape index (κ3) is 10.8. The molecule has 1 rings (SSSR count). The summed E-state index contributed by atoms with van der Waals surface area (Å²) in [7, 11) is 4.17. The topological polar surface area (TPSA) is 48.9 Å². The van der Waals surface area contributed by atoms with Crippen molar-refractivity contribution in [2.45, 2.75) is 46.2 Å². The molecule has 0 heterocycles. The highest BCUT2D eigenvalue weighted by Gasteiger charge is 1.99. The zero-order chi connectivity index (χ0) is 18.3. The average Bonchev–Trinajstić information content (AvgIpc) is 2.59. The van der Waals surface area contributed by atoms with E-state index < -0.39 is 0 Å². The Morgan fingerprint density at radius 3 is 2.32 bits per heavy atom. The SMILES string of the molecule is CCCCOCCCNC(=NCc1ccc(CN(C)C)cc1)NCC. The molecule has 1 aromatic rings. The van der Waals surface area contributed by atoms with Crippen molar-refractivity contribution in [2.75, 3.05) is 40.4 Å². The maximum Gasteiger partial charge on any atom is 0.191 e. The Morgan fingerprint density at radius 1 is 1.00 bits per heavy atom. The normalized spacial score (nSPS) is 11.8. The van der Waals surface area contributed by atoms with Gasteiger partial charge in [0, 0.05) is 32.8 Å². The van der Waals surface area contributed by atoms with Gasteiger partial charge in [-0.1, -0.05) is 37.6 Å². The summed E-state index contributed by atoms with van der Waals surface area (Å²) in [6.07, 6.45) is 3.32. The number of rotatable bonds is 12. The third-order valence-electron chi connectivity index (χ3n) is 3.69. The maximum atomic E-state index is 5.58. The van der Waals surface area contributed by atoms with Crippen LogP contribution in [0.15, 0.2) is 29.3 Å². The maximum absolute atomic E-state index is 5.58. The fourth-order valence-corrected chi connectivity index (χ4v) is 2.36. The minimum absolute atomic E-state index is 0.685. The fraction of sp³-hybridized carbons (Fsp3) is 0.650. The molecule has 0 aliphatic rings. The first kappa shape index (κ1) is 21.5. The van der Waals surface area contributed by atoms with Gasteiger partial charge in [0.15, 0.2) is 5.96 Å². The zero-order valence-electron chi connectivity index (χ0n) is 16.5. The molecule has 0 amide bonds. The monoisotopic (exact) mass is 348 g/mol. The average molecular weight is 349 g/mol. The van der Waals surface area contributed by atoms with E-state index in [2.05, 4.69) is 72.7 Å². The molecule has 5 nitrogen and oxygen atoms in total. The van der Waals surface area contributed by atoms with Crippen molar-refractivity contribution in [2.24, 2.45) is 4.99 Å². The quantitative estimate of drug-likeness (QED) is 0.346. The molecule has 0 atom stereocenters. The van der Waals surface area contributed by atoms with Crippen LogP contribution in [-0.2, 0) is 17.8 Å². The van der Waals surface area contributed by atoms with Gasteiger partial charge >= 0.3 is 0 Å². The second kappa shape index (κ2) is 13.7. The van der Waals surface area contributed by atoms with Crippen molar-refractivity contribution in [1.82, 2.24) is 15.5 Å². The molecular weight excluding hydrogens is 312 g/mol. The van der Waals surface area contributed by atoms with Crippen molar-refractivity contribution < 1.29 is 4.74 Å². The summed E-state index contributed by atoms with van der Waals surface area (Å²) in [6, 6.07) is 8.68. The van der Waals surface area contributed by atoms with E-state index in [0.29, 0.717) is 6.54 Å². The molecule has 0 bridgehead atoms. The summed E-state index contributed by atoms with van der Waals surface area (Å²) in [5.74, 6) is 0.869. The first-order valence-corrected chi connectivity index (χ1v) is 9.48. The van der Waals surface area contributed by atoms with E-state index in [1.807, 2.05) is 0 Å². The molecule has 0 radical (unpaired) electrons. The first-order chi connectivity index (χ1) is 12.2. The number of guanidine groups is 1. The predicted octanol–water partition coefficient (Wildman–Crippen LogP) is 3.01. The smallest absolute Gasteiger partial charge is 0.191 e. The number of ether oxygens (including phenoxy) is 1. The van der Waals surface area contributed by atoms with Crippen LogP contribution in [0.25, 0.3) is 0 Å². The molecule has 0 fully saturated rings. The van der Waals surface area contributed by atoms with Crippen LogP contribution in [0.3, 0.4) is 0 Å². The lowest BCUT2D eigenvalue weighted by Gasteiger charge is -2.12. The zero-order valence-corrected chi connectivity index (χ0v) is 16.5. The summed E-state index contributed by atoms with van der Waals surface area (Å²) < 4.78 is 5.58. The first-order valence-electron chi connectivity index (χ1n) is 9.48. The molecule has 0 aliphatic carbocycles. The number of unbranched alkanes of at least 4 members (excludes halogenated alkanes) is 1. The molecule has 142 valence electrons. The van der Waals surface area contributed by atoms with Crippen LogP contribution < -0.4 is 10.6 Å². The lowest BCUT2D eigenvalue weighted by atomic mass is 10.1. The van der Waals surface area contributed by atoms with Gasteiger partial charge in [0.1, 0.15) is 0 Å². The van der Waals surface area contributed by atoms with Crippen molar-refractivity contribution in [3.63, 3.8) is 0 Å². The van der Waals surface area contributed by atoms with Crippen LogP contribution in [0.5, 0.6) is 0 Å². The highest BCUT2D eigenvalue weighted by atomic mass is 16.5. The molecule has 0 aliphatic heterocycles. The number of aliphatic imine (C=N–C) groups is 1. The van der Waals surface area contributed by atoms with Crippen molar-refractivity contribution in [3.05, 3.63) is 35.4 Å². The van der Waals surface area contributed by atoms with E-state index in [9.17, 15) is 0 Å². The molecule has 0 aromatic heterocycles. The molecule has 0 saturated carbocycles. The summed E-state index contributed by atoms with van der Waals surface area (Å²) in [5, 5.41) is 6.66. The minimum atomic E-state index is 0.685. The van der Waals surface area contributed by atoms with E-state index in [1.165, 1.54) is 17.5 Å². The van der Waals surface area contributed by atoms with Crippen LogP contribution in [0.2, 0.25) is 0 Å². The Bertz CT molecular complexity index is 471. The lowest BCUT2D eigenvalue weighted by Crippen LogP contribution is -2.38. The van der Waals surface area contributed by atoms with Crippen molar-refractivity contribution >= 4 is 5.96 Å². The summed E-state index contributed by atoms with van der Waals surface area (Å²) in [6.45, 7) is 9.33. The minimum Gasteiger partial charge on any atom is -0.381 e. The molecule has 5 heteroatoms. The van der Waals surface area contributed by atoms with E-state index >= 15 is 0 Å². The van der Waals surface area contributed by atoms with Gasteiger partial charge in [-0.3, -0.25) is 0 Å². The molecular formula is C20H36N4O. The standard InChI is InChI=1S/C20H36N4O/c1-5-7-14-25-15-8-13-22-20(21-6-2)23-16-18-9-11-19(12-10-18)17-24(3)4/h9-12H,5-8,13-17H2,1-4H3,(H2,21,22,23).